The summed E-state index contributed by atoms with van der Waals surface area (Å²) >= 11 is 0. The molecule has 0 aromatic carbocycles. The molecule has 2 bridgehead atoms. The molecule has 0 heterocycles. The Labute approximate surface area is 71.8 Å². The molecule has 4 rings (SSSR count). The third-order valence-corrected chi connectivity index (χ3v) is 4.82. The standard InChI is InChI=1S/C11H12O/c12-10-4-8-5-1-2-6-7(5)3-9(8)11(6)10/h1-2,5-9,11H,3-4H2/t5-,6+,7-,8-,9+,11+/m0/s1. The van der Waals surface area contributed by atoms with Crippen molar-refractivity contribution >= 4 is 5.78 Å². The van der Waals surface area contributed by atoms with Crippen molar-refractivity contribution in [2.75, 3.05) is 0 Å². The summed E-state index contributed by atoms with van der Waals surface area (Å²) < 4.78 is 0. The minimum absolute atomic E-state index is 0.468. The summed E-state index contributed by atoms with van der Waals surface area (Å²) in [5.74, 6) is 4.99. The van der Waals surface area contributed by atoms with Gasteiger partial charge in [-0.05, 0) is 36.0 Å². The summed E-state index contributed by atoms with van der Waals surface area (Å²) in [7, 11) is 0. The topological polar surface area (TPSA) is 17.1 Å². The number of allylic oxidation sites excluding steroid dienone is 2. The lowest BCUT2D eigenvalue weighted by Crippen LogP contribution is -2.23. The van der Waals surface area contributed by atoms with Crippen molar-refractivity contribution in [3.63, 3.8) is 0 Å². The minimum atomic E-state index is 0.468. The van der Waals surface area contributed by atoms with Crippen molar-refractivity contribution in [1.82, 2.24) is 0 Å². The summed E-state index contributed by atoms with van der Waals surface area (Å²) in [6.45, 7) is 0. The fourth-order valence-electron chi connectivity index (χ4n) is 4.54. The number of Topliss-reactive ketones (excluding diaryl/α,β-unsaturated/α-hetero) is 1. The molecule has 3 fully saturated rings. The monoisotopic (exact) mass is 160 g/mol. The smallest absolute Gasteiger partial charge is 0.137 e. The van der Waals surface area contributed by atoms with Crippen LogP contribution in [0.3, 0.4) is 0 Å². The van der Waals surface area contributed by atoms with Crippen molar-refractivity contribution in [3.8, 4) is 0 Å². The van der Waals surface area contributed by atoms with E-state index in [2.05, 4.69) is 12.2 Å². The molecule has 0 N–H and O–H groups in total. The first-order chi connectivity index (χ1) is 5.86. The molecule has 0 amide bonds. The Kier molecular flexibility index (Phi) is 0.768. The van der Waals surface area contributed by atoms with Crippen LogP contribution in [-0.4, -0.2) is 5.78 Å². The van der Waals surface area contributed by atoms with Crippen molar-refractivity contribution in [1.29, 1.82) is 0 Å². The summed E-state index contributed by atoms with van der Waals surface area (Å²) in [6.07, 6.45) is 7.03. The van der Waals surface area contributed by atoms with E-state index in [-0.39, 0.29) is 0 Å². The summed E-state index contributed by atoms with van der Waals surface area (Å²) in [5.41, 5.74) is 0. The molecule has 1 heteroatoms. The van der Waals surface area contributed by atoms with Gasteiger partial charge in [0.05, 0.1) is 0 Å². The van der Waals surface area contributed by atoms with Gasteiger partial charge in [-0.15, -0.1) is 0 Å². The zero-order valence-corrected chi connectivity index (χ0v) is 6.94. The van der Waals surface area contributed by atoms with Gasteiger partial charge >= 0.3 is 0 Å². The van der Waals surface area contributed by atoms with E-state index < -0.39 is 0 Å². The minimum Gasteiger partial charge on any atom is -0.299 e. The van der Waals surface area contributed by atoms with Gasteiger partial charge in [0.1, 0.15) is 5.78 Å². The van der Waals surface area contributed by atoms with Gasteiger partial charge in [0.2, 0.25) is 0 Å². The highest BCUT2D eigenvalue weighted by Crippen LogP contribution is 2.67. The van der Waals surface area contributed by atoms with Crippen molar-refractivity contribution in [2.24, 2.45) is 35.5 Å². The second-order valence-electron chi connectivity index (χ2n) is 4.96. The maximum absolute atomic E-state index is 11.6. The molecule has 0 radical (unpaired) electrons. The van der Waals surface area contributed by atoms with E-state index in [4.69, 9.17) is 0 Å². The summed E-state index contributed by atoms with van der Waals surface area (Å²) in [5, 5.41) is 0. The highest BCUT2D eigenvalue weighted by molar-refractivity contribution is 5.86. The lowest BCUT2D eigenvalue weighted by atomic mass is 9.79. The van der Waals surface area contributed by atoms with Gasteiger partial charge in [-0.25, -0.2) is 0 Å². The molecule has 62 valence electrons. The zero-order chi connectivity index (χ0) is 7.87. The Hall–Kier alpha value is -0.590. The third kappa shape index (κ3) is 0.408. The molecule has 0 saturated heterocycles. The van der Waals surface area contributed by atoms with Crippen LogP contribution in [0.15, 0.2) is 12.2 Å². The second-order valence-corrected chi connectivity index (χ2v) is 4.96. The fourth-order valence-corrected chi connectivity index (χ4v) is 4.54. The van der Waals surface area contributed by atoms with Crippen molar-refractivity contribution in [2.45, 2.75) is 12.8 Å². The van der Waals surface area contributed by atoms with E-state index in [1.807, 2.05) is 0 Å². The Morgan fingerprint density at radius 1 is 1.08 bits per heavy atom. The van der Waals surface area contributed by atoms with E-state index in [0.29, 0.717) is 17.6 Å². The first kappa shape index (κ1) is 5.95. The molecule has 0 aliphatic heterocycles. The first-order valence-corrected chi connectivity index (χ1v) is 5.07. The van der Waals surface area contributed by atoms with Gasteiger partial charge in [-0.2, -0.15) is 0 Å². The predicted octanol–water partition coefficient (Wildman–Crippen LogP) is 1.64. The van der Waals surface area contributed by atoms with Crippen LogP contribution in [-0.2, 0) is 4.79 Å². The van der Waals surface area contributed by atoms with E-state index in [0.717, 1.165) is 30.1 Å². The van der Waals surface area contributed by atoms with Gasteiger partial charge in [0.25, 0.3) is 0 Å². The average Bonchev–Trinajstić information content (AvgIpc) is 2.58. The normalized spacial score (nSPS) is 63.8. The molecule has 3 saturated carbocycles. The lowest BCUT2D eigenvalue weighted by Gasteiger charge is -2.24. The van der Waals surface area contributed by atoms with Gasteiger partial charge in [0.15, 0.2) is 0 Å². The molecule has 0 unspecified atom stereocenters. The number of ketones is 1. The molecule has 4 aliphatic rings. The molecule has 0 spiro atoms. The highest BCUT2D eigenvalue weighted by Gasteiger charge is 2.64. The molecule has 0 aromatic rings. The van der Waals surface area contributed by atoms with Crippen LogP contribution in [0.2, 0.25) is 0 Å². The van der Waals surface area contributed by atoms with E-state index in [9.17, 15) is 4.79 Å². The molecule has 4 aliphatic carbocycles. The number of hydrogen-bond donors (Lipinski definition) is 0. The SMILES string of the molecule is O=C1C[C@H]2[C@H]3C=C[C@@H]4[C@H]3C[C@H]2[C@H]14. The van der Waals surface area contributed by atoms with Crippen molar-refractivity contribution in [3.05, 3.63) is 12.2 Å². The first-order valence-electron chi connectivity index (χ1n) is 5.07. The molecule has 1 nitrogen and oxygen atoms in total. The quantitative estimate of drug-likeness (QED) is 0.492. The number of carbonyl (C=O) groups is 1. The Morgan fingerprint density at radius 2 is 1.92 bits per heavy atom. The largest absolute Gasteiger partial charge is 0.299 e. The molecule has 0 aromatic heterocycles. The van der Waals surface area contributed by atoms with E-state index in [1.54, 1.807) is 0 Å². The van der Waals surface area contributed by atoms with Crippen LogP contribution < -0.4 is 0 Å². The van der Waals surface area contributed by atoms with Gasteiger partial charge in [0, 0.05) is 12.3 Å². The fraction of sp³-hybridized carbons (Fsp3) is 0.727. The van der Waals surface area contributed by atoms with Crippen LogP contribution in [0.4, 0.5) is 0 Å². The van der Waals surface area contributed by atoms with Crippen LogP contribution in [0.1, 0.15) is 12.8 Å². The van der Waals surface area contributed by atoms with Crippen LogP contribution >= 0.6 is 0 Å². The predicted molar refractivity (Wildman–Crippen MR) is 44.3 cm³/mol. The second kappa shape index (κ2) is 1.55. The molecular formula is C11H12O. The number of carbonyl (C=O) groups excluding carboxylic acids is 1. The Balaban J connectivity index is 1.97. The summed E-state index contributed by atoms with van der Waals surface area (Å²) in [4.78, 5) is 11.6. The maximum Gasteiger partial charge on any atom is 0.137 e. The van der Waals surface area contributed by atoms with E-state index >= 15 is 0 Å². The highest BCUT2D eigenvalue weighted by atomic mass is 16.1. The van der Waals surface area contributed by atoms with Gasteiger partial charge < -0.3 is 0 Å². The Morgan fingerprint density at radius 3 is 2.83 bits per heavy atom. The average molecular weight is 160 g/mol. The Bertz CT molecular complexity index is 304. The van der Waals surface area contributed by atoms with Crippen molar-refractivity contribution < 1.29 is 4.79 Å². The molecule has 12 heavy (non-hydrogen) atoms. The summed E-state index contributed by atoms with van der Waals surface area (Å²) in [6, 6.07) is 0. The number of rotatable bonds is 0. The number of fused-ring (bicyclic) bond motifs is 2. The third-order valence-electron chi connectivity index (χ3n) is 4.82. The van der Waals surface area contributed by atoms with Crippen LogP contribution in [0.25, 0.3) is 0 Å². The molecular weight excluding hydrogens is 148 g/mol. The maximum atomic E-state index is 11.6. The van der Waals surface area contributed by atoms with Gasteiger partial charge in [-0.3, -0.25) is 4.79 Å². The zero-order valence-electron chi connectivity index (χ0n) is 6.94. The molecule has 6 atom stereocenters. The van der Waals surface area contributed by atoms with Crippen LogP contribution in [0.5, 0.6) is 0 Å². The van der Waals surface area contributed by atoms with E-state index in [1.165, 1.54) is 6.42 Å². The van der Waals surface area contributed by atoms with Crippen LogP contribution in [0, 0.1) is 35.5 Å². The number of hydrogen-bond acceptors (Lipinski definition) is 1. The lowest BCUT2D eigenvalue weighted by molar-refractivity contribution is -0.121. The van der Waals surface area contributed by atoms with Gasteiger partial charge in [-0.1, -0.05) is 12.2 Å².